The van der Waals surface area contributed by atoms with Gasteiger partial charge in [0, 0.05) is 11.3 Å². The number of aryl methyl sites for hydroxylation is 3. The maximum atomic E-state index is 12.4. The first-order chi connectivity index (χ1) is 12.4. The van der Waals surface area contributed by atoms with Gasteiger partial charge in [-0.1, -0.05) is 12.1 Å². The highest BCUT2D eigenvalue weighted by Crippen LogP contribution is 2.24. The Hall–Kier alpha value is -3.55. The van der Waals surface area contributed by atoms with Gasteiger partial charge < -0.3 is 5.32 Å². The van der Waals surface area contributed by atoms with Crippen molar-refractivity contribution >= 4 is 17.3 Å². The van der Waals surface area contributed by atoms with E-state index in [-0.39, 0.29) is 11.3 Å². The largest absolute Gasteiger partial charge is 0.320 e. The van der Waals surface area contributed by atoms with Crippen molar-refractivity contribution in [2.24, 2.45) is 0 Å². The van der Waals surface area contributed by atoms with E-state index in [9.17, 15) is 14.9 Å². The van der Waals surface area contributed by atoms with Gasteiger partial charge in [-0.05, 0) is 45.0 Å². The number of nitrogens with zero attached hydrogens (tertiary/aromatic N) is 4. The first-order valence-electron chi connectivity index (χ1n) is 7.92. The van der Waals surface area contributed by atoms with Crippen molar-refractivity contribution in [1.29, 1.82) is 0 Å². The predicted octanol–water partition coefficient (Wildman–Crippen LogP) is 3.35. The molecule has 8 heteroatoms. The van der Waals surface area contributed by atoms with Crippen LogP contribution in [-0.2, 0) is 0 Å². The highest BCUT2D eigenvalue weighted by atomic mass is 16.6. The number of para-hydroxylation sites is 1. The minimum Gasteiger partial charge on any atom is -0.320 e. The van der Waals surface area contributed by atoms with Crippen LogP contribution >= 0.6 is 0 Å². The van der Waals surface area contributed by atoms with Crippen molar-refractivity contribution in [3.8, 4) is 5.82 Å². The monoisotopic (exact) mass is 351 g/mol. The standard InChI is InChI=1S/C18H17N5O3/c1-11-5-4-6-15(17(11)23(25)26)18(24)20-14-7-8-16(19-10-14)22-13(3)9-12(2)21-22/h4-10H,1-3H3,(H,20,24). The molecule has 132 valence electrons. The first-order valence-corrected chi connectivity index (χ1v) is 7.92. The second-order valence-electron chi connectivity index (χ2n) is 5.93. The average Bonchev–Trinajstić information content (AvgIpc) is 2.93. The first kappa shape index (κ1) is 17.3. The van der Waals surface area contributed by atoms with Gasteiger partial charge in [0.05, 0.1) is 22.5 Å². The Labute approximate surface area is 149 Å². The van der Waals surface area contributed by atoms with Crippen LogP contribution in [0.15, 0.2) is 42.6 Å². The number of benzene rings is 1. The Morgan fingerprint density at radius 3 is 2.54 bits per heavy atom. The number of amides is 1. The smallest absolute Gasteiger partial charge is 0.285 e. The zero-order valence-corrected chi connectivity index (χ0v) is 14.6. The normalized spacial score (nSPS) is 10.6. The van der Waals surface area contributed by atoms with Crippen molar-refractivity contribution in [2.45, 2.75) is 20.8 Å². The molecular weight excluding hydrogens is 334 g/mol. The topological polar surface area (TPSA) is 103 Å². The SMILES string of the molecule is Cc1cc(C)n(-c2ccc(NC(=O)c3cccc(C)c3[N+](=O)[O-])cn2)n1. The number of nitro groups is 1. The third-order valence-electron chi connectivity index (χ3n) is 3.90. The molecule has 0 bridgehead atoms. The molecule has 3 rings (SSSR count). The molecule has 8 nitrogen and oxygen atoms in total. The van der Waals surface area contributed by atoms with Crippen LogP contribution in [0.5, 0.6) is 0 Å². The highest BCUT2D eigenvalue weighted by molar-refractivity contribution is 6.07. The van der Waals surface area contributed by atoms with Crippen molar-refractivity contribution in [2.75, 3.05) is 5.32 Å². The van der Waals surface area contributed by atoms with Crippen LogP contribution in [0.1, 0.15) is 27.3 Å². The molecule has 2 heterocycles. The third-order valence-corrected chi connectivity index (χ3v) is 3.90. The molecule has 0 aliphatic heterocycles. The molecule has 1 amide bonds. The number of aromatic nitrogens is 3. The third kappa shape index (κ3) is 3.30. The second kappa shape index (κ2) is 6.75. The zero-order chi connectivity index (χ0) is 18.8. The number of pyridine rings is 1. The van der Waals surface area contributed by atoms with Gasteiger partial charge >= 0.3 is 0 Å². The minimum absolute atomic E-state index is 0.0117. The maximum Gasteiger partial charge on any atom is 0.285 e. The van der Waals surface area contributed by atoms with Crippen LogP contribution in [0.2, 0.25) is 0 Å². The Bertz CT molecular complexity index is 993. The van der Waals surface area contributed by atoms with Crippen molar-refractivity contribution in [3.05, 3.63) is 75.2 Å². The summed E-state index contributed by atoms with van der Waals surface area (Å²) in [7, 11) is 0. The van der Waals surface area contributed by atoms with E-state index >= 15 is 0 Å². The Morgan fingerprint density at radius 2 is 1.96 bits per heavy atom. The molecule has 0 aliphatic carbocycles. The maximum absolute atomic E-state index is 12.4. The Kier molecular flexibility index (Phi) is 4.49. The van der Waals surface area contributed by atoms with Gasteiger partial charge in [0.2, 0.25) is 0 Å². The Morgan fingerprint density at radius 1 is 1.19 bits per heavy atom. The van der Waals surface area contributed by atoms with Gasteiger partial charge in [0.25, 0.3) is 11.6 Å². The van der Waals surface area contributed by atoms with E-state index in [0.29, 0.717) is 17.1 Å². The summed E-state index contributed by atoms with van der Waals surface area (Å²) in [6.45, 7) is 5.42. The molecule has 0 radical (unpaired) electrons. The van der Waals surface area contributed by atoms with Gasteiger partial charge in [-0.15, -0.1) is 0 Å². The number of hydrogen-bond donors (Lipinski definition) is 1. The fourth-order valence-corrected chi connectivity index (χ4v) is 2.73. The Balaban J connectivity index is 1.84. The summed E-state index contributed by atoms with van der Waals surface area (Å²) in [6, 6.07) is 9.98. The van der Waals surface area contributed by atoms with Gasteiger partial charge in [-0.2, -0.15) is 5.10 Å². The van der Waals surface area contributed by atoms with E-state index < -0.39 is 10.8 Å². The molecule has 3 aromatic rings. The summed E-state index contributed by atoms with van der Waals surface area (Å²) in [5.41, 5.74) is 2.52. The van der Waals surface area contributed by atoms with E-state index in [1.807, 2.05) is 19.9 Å². The lowest BCUT2D eigenvalue weighted by atomic mass is 10.1. The summed E-state index contributed by atoms with van der Waals surface area (Å²) in [5.74, 6) is 0.0659. The number of carbonyl (C=O) groups excluding carboxylic acids is 1. The molecule has 1 N–H and O–H groups in total. The minimum atomic E-state index is -0.555. The second-order valence-corrected chi connectivity index (χ2v) is 5.93. The number of nitrogens with one attached hydrogen (secondary N) is 1. The van der Waals surface area contributed by atoms with Gasteiger partial charge in [0.1, 0.15) is 5.56 Å². The van der Waals surface area contributed by atoms with E-state index in [1.54, 1.807) is 35.9 Å². The van der Waals surface area contributed by atoms with E-state index in [1.165, 1.54) is 12.3 Å². The summed E-state index contributed by atoms with van der Waals surface area (Å²) in [4.78, 5) is 27.4. The summed E-state index contributed by atoms with van der Waals surface area (Å²) in [5, 5.41) is 18.2. The summed E-state index contributed by atoms with van der Waals surface area (Å²) >= 11 is 0. The van der Waals surface area contributed by atoms with Crippen LogP contribution < -0.4 is 5.32 Å². The molecule has 0 spiro atoms. The highest BCUT2D eigenvalue weighted by Gasteiger charge is 2.22. The molecule has 1 aromatic carbocycles. The van der Waals surface area contributed by atoms with Crippen LogP contribution in [0, 0.1) is 30.9 Å². The molecule has 0 saturated heterocycles. The molecule has 26 heavy (non-hydrogen) atoms. The lowest BCUT2D eigenvalue weighted by Crippen LogP contribution is -2.15. The lowest BCUT2D eigenvalue weighted by Gasteiger charge is -2.08. The fraction of sp³-hybridized carbons (Fsp3) is 0.167. The van der Waals surface area contributed by atoms with Crippen LogP contribution in [0.25, 0.3) is 5.82 Å². The van der Waals surface area contributed by atoms with Crippen LogP contribution in [0.4, 0.5) is 11.4 Å². The molecule has 0 atom stereocenters. The van der Waals surface area contributed by atoms with Crippen LogP contribution in [-0.4, -0.2) is 25.6 Å². The number of rotatable bonds is 4. The number of anilines is 1. The average molecular weight is 351 g/mol. The zero-order valence-electron chi connectivity index (χ0n) is 14.6. The molecular formula is C18H17N5O3. The van der Waals surface area contributed by atoms with E-state index in [2.05, 4.69) is 15.4 Å². The molecule has 0 saturated carbocycles. The van der Waals surface area contributed by atoms with E-state index in [4.69, 9.17) is 0 Å². The van der Waals surface area contributed by atoms with Crippen molar-refractivity contribution < 1.29 is 9.72 Å². The molecule has 2 aromatic heterocycles. The molecule has 0 aliphatic rings. The quantitative estimate of drug-likeness (QED) is 0.573. The molecule has 0 fully saturated rings. The van der Waals surface area contributed by atoms with Crippen molar-refractivity contribution in [1.82, 2.24) is 14.8 Å². The van der Waals surface area contributed by atoms with Gasteiger partial charge in [-0.3, -0.25) is 14.9 Å². The summed E-state index contributed by atoms with van der Waals surface area (Å²) < 4.78 is 1.70. The number of carbonyl (C=O) groups is 1. The predicted molar refractivity (Wildman–Crippen MR) is 96.6 cm³/mol. The van der Waals surface area contributed by atoms with E-state index in [0.717, 1.165) is 11.4 Å². The van der Waals surface area contributed by atoms with Gasteiger partial charge in [0.15, 0.2) is 5.82 Å². The fourth-order valence-electron chi connectivity index (χ4n) is 2.73. The van der Waals surface area contributed by atoms with Crippen LogP contribution in [0.3, 0.4) is 0 Å². The number of nitro benzene ring substituents is 1. The molecule has 0 unspecified atom stereocenters. The lowest BCUT2D eigenvalue weighted by molar-refractivity contribution is -0.385. The van der Waals surface area contributed by atoms with Gasteiger partial charge in [-0.25, -0.2) is 9.67 Å². The number of hydrogen-bond acceptors (Lipinski definition) is 5. The summed E-state index contributed by atoms with van der Waals surface area (Å²) in [6.07, 6.45) is 1.49. The van der Waals surface area contributed by atoms with Crippen molar-refractivity contribution in [3.63, 3.8) is 0 Å².